The first-order valence-corrected chi connectivity index (χ1v) is 13.3. The van der Waals surface area contributed by atoms with E-state index < -0.39 is 23.7 Å². The number of carbonyl (C=O) groups excluding carboxylic acids is 1. The molecule has 0 spiro atoms. The molecule has 1 aliphatic rings. The van der Waals surface area contributed by atoms with E-state index in [1.807, 2.05) is 0 Å². The third-order valence-corrected chi connectivity index (χ3v) is 7.13. The molecular weight excluding hydrogens is 575 g/mol. The van der Waals surface area contributed by atoms with E-state index in [1.165, 1.54) is 48.4 Å². The predicted octanol–water partition coefficient (Wildman–Crippen LogP) is 5.37. The molecule has 0 aliphatic carbocycles. The molecule has 1 atom stereocenters. The van der Waals surface area contributed by atoms with Gasteiger partial charge in [-0.25, -0.2) is 9.67 Å². The van der Waals surface area contributed by atoms with Crippen LogP contribution in [0.4, 0.5) is 24.5 Å². The van der Waals surface area contributed by atoms with Crippen LogP contribution in [0.25, 0.3) is 5.69 Å². The van der Waals surface area contributed by atoms with Gasteiger partial charge in [0.15, 0.2) is 0 Å². The molecule has 4 aromatic rings. The number of nitrogens with one attached hydrogen (secondary N) is 1. The summed E-state index contributed by atoms with van der Waals surface area (Å²) in [6, 6.07) is 11.2. The van der Waals surface area contributed by atoms with E-state index in [9.17, 15) is 23.1 Å². The molecule has 1 aromatic heterocycles. The molecule has 1 amide bonds. The predicted molar refractivity (Wildman–Crippen MR) is 151 cm³/mol. The highest BCUT2D eigenvalue weighted by Crippen LogP contribution is 2.41. The van der Waals surface area contributed by atoms with Crippen molar-refractivity contribution in [2.75, 3.05) is 37.1 Å². The lowest BCUT2D eigenvalue weighted by Gasteiger charge is -2.28. The van der Waals surface area contributed by atoms with Crippen molar-refractivity contribution in [3.05, 3.63) is 88.5 Å². The molecule has 2 N–H and O–H groups in total. The zero-order chi connectivity index (χ0) is 30.0. The van der Waals surface area contributed by atoms with Gasteiger partial charge in [0.2, 0.25) is 0 Å². The fourth-order valence-electron chi connectivity index (χ4n) is 4.98. The van der Waals surface area contributed by atoms with E-state index in [4.69, 9.17) is 21.1 Å². The van der Waals surface area contributed by atoms with E-state index in [-0.39, 0.29) is 36.8 Å². The molecular formula is C29H27ClF3N5O4. The fraction of sp³-hybridized carbons (Fsp3) is 0.276. The number of halogens is 4. The molecule has 0 bridgehead atoms. The Balaban J connectivity index is 1.61. The molecule has 0 radical (unpaired) electrons. The van der Waals surface area contributed by atoms with Crippen LogP contribution in [0.2, 0.25) is 5.02 Å². The van der Waals surface area contributed by atoms with Gasteiger partial charge in [0.25, 0.3) is 5.91 Å². The number of benzene rings is 3. The maximum absolute atomic E-state index is 14.3. The lowest BCUT2D eigenvalue weighted by atomic mass is 10.0. The average Bonchev–Trinajstić information content (AvgIpc) is 3.64. The minimum absolute atomic E-state index is 0.0649. The number of amides is 1. The Hall–Kier alpha value is -4.29. The lowest BCUT2D eigenvalue weighted by molar-refractivity contribution is -0.138. The number of methoxy groups -OCH3 is 1. The van der Waals surface area contributed by atoms with Crippen molar-refractivity contribution in [3.63, 3.8) is 0 Å². The number of anilines is 2. The van der Waals surface area contributed by atoms with Crippen molar-refractivity contribution in [2.45, 2.75) is 25.6 Å². The molecule has 1 unspecified atom stereocenters. The highest BCUT2D eigenvalue weighted by atomic mass is 35.5. The molecule has 13 heteroatoms. The van der Waals surface area contributed by atoms with Crippen LogP contribution in [-0.4, -0.2) is 52.6 Å². The quantitative estimate of drug-likeness (QED) is 0.266. The van der Waals surface area contributed by atoms with E-state index in [2.05, 4.69) is 15.4 Å². The maximum Gasteiger partial charge on any atom is 0.416 e. The van der Waals surface area contributed by atoms with Gasteiger partial charge in [0.1, 0.15) is 36.8 Å². The number of carbonyl (C=O) groups is 1. The molecule has 0 fully saturated rings. The van der Waals surface area contributed by atoms with Crippen LogP contribution in [0.5, 0.6) is 11.5 Å². The highest BCUT2D eigenvalue weighted by Gasteiger charge is 2.38. The number of aliphatic hydroxyl groups is 1. The first-order valence-electron chi connectivity index (χ1n) is 12.9. The lowest BCUT2D eigenvalue weighted by Crippen LogP contribution is -2.37. The molecule has 9 nitrogen and oxygen atoms in total. The van der Waals surface area contributed by atoms with Gasteiger partial charge in [-0.1, -0.05) is 23.7 Å². The second-order valence-corrected chi connectivity index (χ2v) is 10.1. The van der Waals surface area contributed by atoms with Crippen LogP contribution in [-0.2, 0) is 17.4 Å². The number of aliphatic hydroxyl groups excluding tert-OH is 1. The number of aryl methyl sites for hydroxylation is 1. The minimum Gasteiger partial charge on any atom is -0.497 e. The highest BCUT2D eigenvalue weighted by molar-refractivity contribution is 6.30. The maximum atomic E-state index is 14.3. The van der Waals surface area contributed by atoms with Crippen molar-refractivity contribution < 1.29 is 32.5 Å². The van der Waals surface area contributed by atoms with E-state index in [0.717, 1.165) is 6.07 Å². The third kappa shape index (κ3) is 6.00. The van der Waals surface area contributed by atoms with Crippen LogP contribution in [0.1, 0.15) is 28.3 Å². The summed E-state index contributed by atoms with van der Waals surface area (Å²) in [7, 11) is 1.49. The van der Waals surface area contributed by atoms with Gasteiger partial charge in [-0.2, -0.15) is 18.3 Å². The van der Waals surface area contributed by atoms with Crippen LogP contribution >= 0.6 is 11.6 Å². The monoisotopic (exact) mass is 601 g/mol. The molecule has 42 heavy (non-hydrogen) atoms. The van der Waals surface area contributed by atoms with Crippen LogP contribution in [0, 0.1) is 6.92 Å². The largest absolute Gasteiger partial charge is 0.497 e. The van der Waals surface area contributed by atoms with E-state index in [1.54, 1.807) is 30.3 Å². The van der Waals surface area contributed by atoms with Crippen LogP contribution < -0.4 is 19.7 Å². The number of alkyl halides is 3. The fourth-order valence-corrected chi connectivity index (χ4v) is 5.14. The first kappa shape index (κ1) is 29.2. The molecule has 5 rings (SSSR count). The first-order chi connectivity index (χ1) is 20.1. The van der Waals surface area contributed by atoms with Gasteiger partial charge in [0, 0.05) is 40.6 Å². The Kier molecular flexibility index (Phi) is 8.28. The van der Waals surface area contributed by atoms with Gasteiger partial charge in [-0.15, -0.1) is 0 Å². The second kappa shape index (κ2) is 11.9. The van der Waals surface area contributed by atoms with Crippen LogP contribution in [0.3, 0.4) is 0 Å². The summed E-state index contributed by atoms with van der Waals surface area (Å²) < 4.78 is 54.1. The topological polar surface area (TPSA) is 102 Å². The Bertz CT molecular complexity index is 1600. The SMILES string of the molecule is COc1cc(NC(C(=O)N2CCc3cc(C)c(C(F)(F)F)cc32)c2ccc(Cl)cc2OCCO)cc(-n2cncn2)c1. The summed E-state index contributed by atoms with van der Waals surface area (Å²) in [5, 5.41) is 17.1. The molecule has 3 aromatic carbocycles. The summed E-state index contributed by atoms with van der Waals surface area (Å²) in [6.07, 6.45) is -1.30. The van der Waals surface area contributed by atoms with Crippen LogP contribution in [0.15, 0.2) is 61.2 Å². The van der Waals surface area contributed by atoms with E-state index in [0.29, 0.717) is 39.7 Å². The zero-order valence-corrected chi connectivity index (χ0v) is 23.4. The molecule has 0 saturated carbocycles. The Morgan fingerprint density at radius 3 is 2.69 bits per heavy atom. The smallest absolute Gasteiger partial charge is 0.416 e. The Morgan fingerprint density at radius 1 is 1.19 bits per heavy atom. The number of nitrogens with zero attached hydrogens (tertiary/aromatic N) is 4. The average molecular weight is 602 g/mol. The van der Waals surface area contributed by atoms with Gasteiger partial charge >= 0.3 is 6.18 Å². The molecule has 2 heterocycles. The zero-order valence-electron chi connectivity index (χ0n) is 22.7. The standard InChI is InChI=1S/C29H27ClF3N5O4/c1-17-9-18-5-6-37(25(18)14-24(17)29(31,32)33)28(40)27(23-4-3-19(30)10-26(23)42-8-7-39)36-20-11-21(13-22(12-20)41-2)38-16-34-15-35-38/h3-4,9-16,27,36,39H,5-8H2,1-2H3. The number of ether oxygens (including phenoxy) is 2. The molecule has 220 valence electrons. The molecule has 1 aliphatic heterocycles. The van der Waals surface area contributed by atoms with Gasteiger partial charge < -0.3 is 24.8 Å². The van der Waals surface area contributed by atoms with Crippen molar-refractivity contribution in [2.24, 2.45) is 0 Å². The van der Waals surface area contributed by atoms with Crippen molar-refractivity contribution in [3.8, 4) is 17.2 Å². The summed E-state index contributed by atoms with van der Waals surface area (Å²) in [5.74, 6) is 0.189. The number of hydrogen-bond donors (Lipinski definition) is 2. The third-order valence-electron chi connectivity index (χ3n) is 6.90. The minimum atomic E-state index is -4.58. The molecule has 0 saturated heterocycles. The summed E-state index contributed by atoms with van der Waals surface area (Å²) in [4.78, 5) is 19.6. The number of rotatable bonds is 9. The Labute approximate surface area is 244 Å². The normalized spacial score (nSPS) is 13.5. The summed E-state index contributed by atoms with van der Waals surface area (Å²) in [6.45, 7) is 1.25. The number of hydrogen-bond acceptors (Lipinski definition) is 7. The van der Waals surface area contributed by atoms with Crippen molar-refractivity contribution in [1.29, 1.82) is 0 Å². The summed E-state index contributed by atoms with van der Waals surface area (Å²) >= 11 is 6.23. The van der Waals surface area contributed by atoms with Gasteiger partial charge in [-0.3, -0.25) is 4.79 Å². The Morgan fingerprint density at radius 2 is 2.00 bits per heavy atom. The van der Waals surface area contributed by atoms with Gasteiger partial charge in [0.05, 0.1) is 25.0 Å². The second-order valence-electron chi connectivity index (χ2n) is 9.62. The summed E-state index contributed by atoms with van der Waals surface area (Å²) in [5.41, 5.74) is 1.57. The van der Waals surface area contributed by atoms with Gasteiger partial charge in [-0.05, 0) is 48.7 Å². The van der Waals surface area contributed by atoms with Crippen molar-refractivity contribution in [1.82, 2.24) is 14.8 Å². The number of fused-ring (bicyclic) bond motifs is 1. The van der Waals surface area contributed by atoms with Crippen molar-refractivity contribution >= 4 is 28.9 Å². The van der Waals surface area contributed by atoms with E-state index >= 15 is 0 Å². The number of aromatic nitrogens is 3.